The average molecular weight is 329 g/mol. The van der Waals surface area contributed by atoms with E-state index >= 15 is 0 Å². The summed E-state index contributed by atoms with van der Waals surface area (Å²) in [5.74, 6) is -0.251. The second-order valence-electron chi connectivity index (χ2n) is 5.32. The Kier molecular flexibility index (Phi) is 5.69. The lowest BCUT2D eigenvalue weighted by atomic mass is 10.2. The molecule has 22 heavy (non-hydrogen) atoms. The van der Waals surface area contributed by atoms with Crippen LogP contribution in [-0.2, 0) is 4.74 Å². The number of rotatable bonds is 4. The molecule has 0 aliphatic rings. The molecule has 9 heteroatoms. The quantitative estimate of drug-likeness (QED) is 0.498. The molecule has 0 aromatic carbocycles. The van der Waals surface area contributed by atoms with Gasteiger partial charge in [0.2, 0.25) is 5.82 Å². The SMILES string of the molecule is CC(C)(C)OC(=O)NCC=Cc1cc([N+](=O)[O-])c(N)nc1Cl. The van der Waals surface area contributed by atoms with Crippen molar-refractivity contribution < 1.29 is 14.5 Å². The number of halogens is 1. The molecule has 0 radical (unpaired) electrons. The molecule has 1 heterocycles. The van der Waals surface area contributed by atoms with E-state index in [4.69, 9.17) is 22.1 Å². The van der Waals surface area contributed by atoms with Crippen molar-refractivity contribution in [3.8, 4) is 0 Å². The van der Waals surface area contributed by atoms with Gasteiger partial charge >= 0.3 is 11.8 Å². The highest BCUT2D eigenvalue weighted by Crippen LogP contribution is 2.26. The van der Waals surface area contributed by atoms with Gasteiger partial charge in [-0.05, 0) is 20.8 Å². The van der Waals surface area contributed by atoms with Crippen LogP contribution < -0.4 is 11.1 Å². The lowest BCUT2D eigenvalue weighted by Crippen LogP contribution is -2.32. The summed E-state index contributed by atoms with van der Waals surface area (Å²) in [6.45, 7) is 5.42. The zero-order valence-electron chi connectivity index (χ0n) is 12.4. The van der Waals surface area contributed by atoms with E-state index in [1.165, 1.54) is 12.1 Å². The molecular formula is C13H17ClN4O4. The molecule has 1 rings (SSSR count). The minimum absolute atomic E-state index is 0.0385. The number of hydrogen-bond donors (Lipinski definition) is 2. The average Bonchev–Trinajstić information content (AvgIpc) is 2.33. The molecule has 0 aliphatic heterocycles. The molecule has 0 aliphatic carbocycles. The molecule has 0 saturated heterocycles. The van der Waals surface area contributed by atoms with Gasteiger partial charge in [-0.25, -0.2) is 9.78 Å². The minimum atomic E-state index is -0.644. The summed E-state index contributed by atoms with van der Waals surface area (Å²) < 4.78 is 5.05. The Morgan fingerprint density at radius 2 is 2.23 bits per heavy atom. The standard InChI is InChI=1S/C13H17ClN4O4/c1-13(2,3)22-12(19)16-6-4-5-8-7-9(18(20)21)11(15)17-10(8)14/h4-5,7H,6H2,1-3H3,(H2,15,17)(H,16,19). The first-order valence-corrected chi connectivity index (χ1v) is 6.72. The molecular weight excluding hydrogens is 312 g/mol. The van der Waals surface area contributed by atoms with Crippen LogP contribution in [0, 0.1) is 10.1 Å². The number of aromatic nitrogens is 1. The van der Waals surface area contributed by atoms with E-state index in [9.17, 15) is 14.9 Å². The Morgan fingerprint density at radius 1 is 1.59 bits per heavy atom. The number of ether oxygens (including phenoxy) is 1. The largest absolute Gasteiger partial charge is 0.444 e. The molecule has 120 valence electrons. The number of carbonyl (C=O) groups is 1. The highest BCUT2D eigenvalue weighted by Gasteiger charge is 2.16. The number of alkyl carbamates (subject to hydrolysis) is 1. The van der Waals surface area contributed by atoms with Crippen LogP contribution in [0.2, 0.25) is 5.15 Å². The highest BCUT2D eigenvalue weighted by molar-refractivity contribution is 6.31. The fourth-order valence-corrected chi connectivity index (χ4v) is 1.62. The molecule has 0 fully saturated rings. The van der Waals surface area contributed by atoms with Crippen molar-refractivity contribution in [3.05, 3.63) is 33.0 Å². The number of nitrogens with one attached hydrogen (secondary N) is 1. The van der Waals surface area contributed by atoms with Gasteiger partial charge in [0.25, 0.3) is 0 Å². The molecule has 1 amide bonds. The van der Waals surface area contributed by atoms with E-state index in [0.29, 0.717) is 5.56 Å². The smallest absolute Gasteiger partial charge is 0.407 e. The molecule has 0 bridgehead atoms. The summed E-state index contributed by atoms with van der Waals surface area (Å²) in [6, 6.07) is 1.22. The second kappa shape index (κ2) is 7.08. The second-order valence-corrected chi connectivity index (χ2v) is 5.67. The number of nitro groups is 1. The van der Waals surface area contributed by atoms with Crippen LogP contribution in [0.3, 0.4) is 0 Å². The van der Waals surface area contributed by atoms with Crippen molar-refractivity contribution in [2.45, 2.75) is 26.4 Å². The van der Waals surface area contributed by atoms with Crippen molar-refractivity contribution in [1.82, 2.24) is 10.3 Å². The van der Waals surface area contributed by atoms with Crippen molar-refractivity contribution >= 4 is 35.3 Å². The Labute approximate surface area is 132 Å². The molecule has 3 N–H and O–H groups in total. The van der Waals surface area contributed by atoms with Gasteiger partial charge in [-0.2, -0.15) is 0 Å². The van der Waals surface area contributed by atoms with E-state index in [0.717, 1.165) is 0 Å². The Hall–Kier alpha value is -2.35. The summed E-state index contributed by atoms with van der Waals surface area (Å²) >= 11 is 5.86. The van der Waals surface area contributed by atoms with Gasteiger partial charge in [0.05, 0.1) is 4.92 Å². The molecule has 0 spiro atoms. The number of pyridine rings is 1. The van der Waals surface area contributed by atoms with Gasteiger partial charge in [0.1, 0.15) is 10.8 Å². The first kappa shape index (κ1) is 17.7. The van der Waals surface area contributed by atoms with Crippen LogP contribution in [0.15, 0.2) is 12.1 Å². The van der Waals surface area contributed by atoms with Crippen molar-refractivity contribution in [3.63, 3.8) is 0 Å². The van der Waals surface area contributed by atoms with Crippen LogP contribution in [-0.4, -0.2) is 28.1 Å². The number of hydrogen-bond acceptors (Lipinski definition) is 6. The number of nitrogens with two attached hydrogens (primary N) is 1. The lowest BCUT2D eigenvalue weighted by Gasteiger charge is -2.19. The Morgan fingerprint density at radius 3 is 2.77 bits per heavy atom. The van der Waals surface area contributed by atoms with Crippen molar-refractivity contribution in [1.29, 1.82) is 0 Å². The van der Waals surface area contributed by atoms with Crippen molar-refractivity contribution in [2.75, 3.05) is 12.3 Å². The molecule has 0 unspecified atom stereocenters. The monoisotopic (exact) mass is 328 g/mol. The zero-order valence-corrected chi connectivity index (χ0v) is 13.2. The van der Waals surface area contributed by atoms with E-state index in [2.05, 4.69) is 10.3 Å². The van der Waals surface area contributed by atoms with Gasteiger partial charge < -0.3 is 15.8 Å². The van der Waals surface area contributed by atoms with Gasteiger partial charge in [0.15, 0.2) is 0 Å². The third kappa shape index (κ3) is 5.57. The molecule has 8 nitrogen and oxygen atoms in total. The van der Waals surface area contributed by atoms with E-state index < -0.39 is 16.6 Å². The van der Waals surface area contributed by atoms with Crippen LogP contribution >= 0.6 is 11.6 Å². The zero-order chi connectivity index (χ0) is 16.9. The molecule has 0 atom stereocenters. The topological polar surface area (TPSA) is 120 Å². The number of amides is 1. The first-order valence-electron chi connectivity index (χ1n) is 6.34. The van der Waals surface area contributed by atoms with Crippen LogP contribution in [0.25, 0.3) is 6.08 Å². The van der Waals surface area contributed by atoms with Crippen molar-refractivity contribution in [2.24, 2.45) is 0 Å². The molecule has 0 saturated carbocycles. The number of anilines is 1. The predicted molar refractivity (Wildman–Crippen MR) is 83.6 cm³/mol. The fraction of sp³-hybridized carbons (Fsp3) is 0.385. The molecule has 1 aromatic heterocycles. The number of nitrogen functional groups attached to an aromatic ring is 1. The highest BCUT2D eigenvalue weighted by atomic mass is 35.5. The first-order chi connectivity index (χ1) is 10.1. The summed E-state index contributed by atoms with van der Waals surface area (Å²) in [5, 5.41) is 13.3. The summed E-state index contributed by atoms with van der Waals surface area (Å²) in [7, 11) is 0. The number of nitrogens with zero attached hydrogens (tertiary/aromatic N) is 2. The van der Waals surface area contributed by atoms with E-state index in [1.54, 1.807) is 26.8 Å². The van der Waals surface area contributed by atoms with E-state index in [-0.39, 0.29) is 23.2 Å². The van der Waals surface area contributed by atoms with Gasteiger partial charge in [-0.1, -0.05) is 23.8 Å². The normalized spacial score (nSPS) is 11.5. The predicted octanol–water partition coefficient (Wildman–Crippen LogP) is 2.76. The van der Waals surface area contributed by atoms with Crippen LogP contribution in [0.4, 0.5) is 16.3 Å². The maximum atomic E-state index is 11.4. The van der Waals surface area contributed by atoms with E-state index in [1.807, 2.05) is 0 Å². The summed E-state index contributed by atoms with van der Waals surface area (Å²) in [6.07, 6.45) is 2.50. The van der Waals surface area contributed by atoms with Gasteiger partial charge in [-0.15, -0.1) is 0 Å². The Balaban J connectivity index is 2.69. The maximum absolute atomic E-state index is 11.4. The maximum Gasteiger partial charge on any atom is 0.407 e. The summed E-state index contributed by atoms with van der Waals surface area (Å²) in [5.41, 5.74) is 4.82. The minimum Gasteiger partial charge on any atom is -0.444 e. The Bertz CT molecular complexity index is 611. The number of carbonyl (C=O) groups excluding carboxylic acids is 1. The van der Waals surface area contributed by atoms with Gasteiger partial charge in [-0.3, -0.25) is 10.1 Å². The van der Waals surface area contributed by atoms with Crippen LogP contribution in [0.1, 0.15) is 26.3 Å². The third-order valence-electron chi connectivity index (χ3n) is 2.27. The molecule has 1 aromatic rings. The van der Waals surface area contributed by atoms with Gasteiger partial charge in [0, 0.05) is 18.2 Å². The lowest BCUT2D eigenvalue weighted by molar-refractivity contribution is -0.384. The third-order valence-corrected chi connectivity index (χ3v) is 2.57. The fourth-order valence-electron chi connectivity index (χ4n) is 1.41. The van der Waals surface area contributed by atoms with Crippen LogP contribution in [0.5, 0.6) is 0 Å². The summed E-state index contributed by atoms with van der Waals surface area (Å²) in [4.78, 5) is 25.2.